The van der Waals surface area contributed by atoms with Gasteiger partial charge in [-0.25, -0.2) is 4.79 Å². The van der Waals surface area contributed by atoms with Gasteiger partial charge in [-0.3, -0.25) is 38.4 Å². The van der Waals surface area contributed by atoms with Gasteiger partial charge in [-0.2, -0.15) is 0 Å². The molecule has 0 saturated heterocycles. The predicted octanol–water partition coefficient (Wildman–Crippen LogP) is -3.52. The van der Waals surface area contributed by atoms with Gasteiger partial charge in [0.15, 0.2) is 0 Å². The van der Waals surface area contributed by atoms with Gasteiger partial charge in [-0.15, -0.1) is 0 Å². The van der Waals surface area contributed by atoms with Gasteiger partial charge in [0, 0.05) is 6.42 Å². The number of carbonyl (C=O) groups excluding carboxylic acids is 8. The standard InChI is InChI=1S/C39H64N10O12/c1-6-21(4)32(38(59)43-18-31(53)45-26(39(60)61)9-7-8-14-40)49-37(58)27(15-20(2)3)48-36(57)29(17-30(42)52)46-33(54)22(5)44-35(56)28(47-34(55)25(41)19-50)16-23-10-12-24(51)13-11-23/h10-13,20-22,25-29,32,50-51H,6-9,14-19,40-41H2,1-5H3,(H2,42,52)(H,43,59)(H,44,56)(H,45,53)(H,46,54)(H,47,55)(H,48,57)(H,49,58)(H,60,61)/t21-,22-,25-,26-,27-,28-,29-,32-/m0/s1. The number of aliphatic hydroxyl groups is 1. The van der Waals surface area contributed by atoms with Crippen molar-refractivity contribution < 1.29 is 58.5 Å². The molecule has 0 saturated carbocycles. The third-order valence-corrected chi connectivity index (χ3v) is 9.47. The molecule has 1 rings (SSSR count). The van der Waals surface area contributed by atoms with E-state index in [1.807, 2.05) is 0 Å². The number of hydrogen-bond acceptors (Lipinski definition) is 13. The lowest BCUT2D eigenvalue weighted by Crippen LogP contribution is -2.60. The van der Waals surface area contributed by atoms with Gasteiger partial charge in [-0.05, 0) is 68.7 Å². The normalized spacial score (nSPS) is 15.0. The summed E-state index contributed by atoms with van der Waals surface area (Å²) in [5.41, 5.74) is 17.0. The van der Waals surface area contributed by atoms with Crippen molar-refractivity contribution in [3.63, 3.8) is 0 Å². The Morgan fingerprint density at radius 3 is 1.82 bits per heavy atom. The van der Waals surface area contributed by atoms with Crippen LogP contribution in [0.25, 0.3) is 0 Å². The van der Waals surface area contributed by atoms with Gasteiger partial charge in [-0.1, -0.05) is 46.2 Å². The number of carboxylic acids is 1. The number of phenolic OH excluding ortho intramolecular Hbond substituents is 1. The largest absolute Gasteiger partial charge is 0.508 e. The summed E-state index contributed by atoms with van der Waals surface area (Å²) >= 11 is 0. The molecule has 0 heterocycles. The molecule has 0 unspecified atom stereocenters. The number of hydrogen-bond donors (Lipinski definition) is 13. The lowest BCUT2D eigenvalue weighted by atomic mass is 9.96. The van der Waals surface area contributed by atoms with Crippen LogP contribution >= 0.6 is 0 Å². The van der Waals surface area contributed by atoms with Crippen LogP contribution < -0.4 is 54.4 Å². The highest BCUT2D eigenvalue weighted by Crippen LogP contribution is 2.13. The molecule has 0 aliphatic carbocycles. The third-order valence-electron chi connectivity index (χ3n) is 9.47. The molecule has 8 atom stereocenters. The van der Waals surface area contributed by atoms with E-state index in [4.69, 9.17) is 17.2 Å². The lowest BCUT2D eigenvalue weighted by molar-refractivity contribution is -0.142. The van der Waals surface area contributed by atoms with Gasteiger partial charge in [0.25, 0.3) is 0 Å². The summed E-state index contributed by atoms with van der Waals surface area (Å²) in [6.45, 7) is 7.25. The monoisotopic (exact) mass is 864 g/mol. The van der Waals surface area contributed by atoms with Crippen LogP contribution in [0.3, 0.4) is 0 Å². The molecule has 0 aromatic heterocycles. The summed E-state index contributed by atoms with van der Waals surface area (Å²) in [5.74, 6) is -8.98. The highest BCUT2D eigenvalue weighted by Gasteiger charge is 2.34. The number of phenols is 1. The summed E-state index contributed by atoms with van der Waals surface area (Å²) in [4.78, 5) is 116. The number of carboxylic acid groups (broad SMARTS) is 1. The number of unbranched alkanes of at least 4 members (excludes halogenated alkanes) is 1. The van der Waals surface area contributed by atoms with E-state index < -0.39 is 121 Å². The first kappa shape index (κ1) is 53.1. The fourth-order valence-electron chi connectivity index (χ4n) is 5.73. The maximum atomic E-state index is 13.7. The number of benzene rings is 1. The second kappa shape index (κ2) is 27.1. The summed E-state index contributed by atoms with van der Waals surface area (Å²) < 4.78 is 0. The van der Waals surface area contributed by atoms with Crippen LogP contribution in [0.4, 0.5) is 0 Å². The van der Waals surface area contributed by atoms with Gasteiger partial charge in [0.2, 0.25) is 47.3 Å². The quantitative estimate of drug-likeness (QED) is 0.0364. The van der Waals surface area contributed by atoms with Gasteiger partial charge in [0.1, 0.15) is 48.0 Å². The number of aliphatic carboxylic acids is 1. The van der Waals surface area contributed by atoms with Crippen LogP contribution in [0.1, 0.15) is 78.7 Å². The van der Waals surface area contributed by atoms with Crippen molar-refractivity contribution in [2.24, 2.45) is 29.0 Å². The van der Waals surface area contributed by atoms with Crippen LogP contribution in [-0.4, -0.2) is 131 Å². The van der Waals surface area contributed by atoms with E-state index in [1.54, 1.807) is 27.7 Å². The molecule has 0 aliphatic rings. The number of nitrogens with one attached hydrogen (secondary N) is 7. The van der Waals surface area contributed by atoms with Crippen molar-refractivity contribution in [2.75, 3.05) is 19.7 Å². The zero-order chi connectivity index (χ0) is 46.4. The highest BCUT2D eigenvalue weighted by molar-refractivity contribution is 5.98. The summed E-state index contributed by atoms with van der Waals surface area (Å²) in [5, 5.41) is 45.5. The molecule has 22 heteroatoms. The summed E-state index contributed by atoms with van der Waals surface area (Å²) in [6.07, 6.45) is 0.745. The van der Waals surface area contributed by atoms with E-state index in [1.165, 1.54) is 31.2 Å². The van der Waals surface area contributed by atoms with Crippen molar-refractivity contribution in [3.8, 4) is 5.75 Å². The average molecular weight is 865 g/mol. The molecule has 61 heavy (non-hydrogen) atoms. The van der Waals surface area contributed by atoms with Crippen LogP contribution in [0.5, 0.6) is 5.75 Å². The van der Waals surface area contributed by atoms with Crippen LogP contribution in [0.15, 0.2) is 24.3 Å². The summed E-state index contributed by atoms with van der Waals surface area (Å²) in [6, 6.07) is -3.68. The first-order valence-electron chi connectivity index (χ1n) is 20.1. The lowest BCUT2D eigenvalue weighted by Gasteiger charge is -2.28. The molecule has 1 aromatic carbocycles. The minimum Gasteiger partial charge on any atom is -0.508 e. The minimum absolute atomic E-state index is 0.0351. The zero-order valence-electron chi connectivity index (χ0n) is 35.3. The van der Waals surface area contributed by atoms with E-state index in [0.717, 1.165) is 0 Å². The molecule has 0 aliphatic heterocycles. The molecule has 0 bridgehead atoms. The van der Waals surface area contributed by atoms with E-state index in [9.17, 15) is 58.5 Å². The van der Waals surface area contributed by atoms with Gasteiger partial charge >= 0.3 is 5.97 Å². The Morgan fingerprint density at radius 2 is 1.28 bits per heavy atom. The first-order valence-corrected chi connectivity index (χ1v) is 20.1. The molecule has 342 valence electrons. The van der Waals surface area contributed by atoms with Crippen molar-refractivity contribution in [3.05, 3.63) is 29.8 Å². The zero-order valence-corrected chi connectivity index (χ0v) is 35.3. The number of amides is 8. The maximum absolute atomic E-state index is 13.7. The molecule has 0 fully saturated rings. The van der Waals surface area contributed by atoms with E-state index in [0.29, 0.717) is 31.4 Å². The van der Waals surface area contributed by atoms with E-state index >= 15 is 0 Å². The molecule has 1 aromatic rings. The minimum atomic E-state index is -1.64. The Hall–Kier alpha value is -5.87. The molecule has 22 nitrogen and oxygen atoms in total. The Kier molecular flexibility index (Phi) is 23.6. The van der Waals surface area contributed by atoms with Crippen molar-refractivity contribution in [1.82, 2.24) is 37.2 Å². The Labute approximate surface area is 354 Å². The Balaban J connectivity index is 3.15. The Bertz CT molecular complexity index is 1660. The molecule has 8 amide bonds. The van der Waals surface area contributed by atoms with Crippen LogP contribution in [0, 0.1) is 11.8 Å². The van der Waals surface area contributed by atoms with E-state index in [2.05, 4.69) is 37.2 Å². The summed E-state index contributed by atoms with van der Waals surface area (Å²) in [7, 11) is 0. The molecular formula is C39H64N10O12. The fourth-order valence-corrected chi connectivity index (χ4v) is 5.73. The second-order valence-electron chi connectivity index (χ2n) is 15.2. The van der Waals surface area contributed by atoms with Crippen molar-refractivity contribution in [1.29, 1.82) is 0 Å². The van der Waals surface area contributed by atoms with E-state index in [-0.39, 0.29) is 30.9 Å². The molecule has 0 radical (unpaired) electrons. The van der Waals surface area contributed by atoms with Gasteiger partial charge in [0.05, 0.1) is 19.6 Å². The first-order chi connectivity index (χ1) is 28.6. The Morgan fingerprint density at radius 1 is 0.705 bits per heavy atom. The number of primary amides is 1. The smallest absolute Gasteiger partial charge is 0.326 e. The number of nitrogens with two attached hydrogens (primary N) is 3. The molecule has 16 N–H and O–H groups in total. The third kappa shape index (κ3) is 19.8. The van der Waals surface area contributed by atoms with Crippen LogP contribution in [0.2, 0.25) is 0 Å². The molecule has 0 spiro atoms. The number of carbonyl (C=O) groups is 9. The fraction of sp³-hybridized carbons (Fsp3) is 0.615. The number of aliphatic hydroxyl groups excluding tert-OH is 1. The average Bonchev–Trinajstić information content (AvgIpc) is 3.20. The highest BCUT2D eigenvalue weighted by atomic mass is 16.4. The SMILES string of the molecule is CC[C@H](C)[C@H](NC(=O)[C@H](CC(C)C)NC(=O)[C@H](CC(N)=O)NC(=O)[C@H](C)NC(=O)[C@H](Cc1ccc(O)cc1)NC(=O)[C@@H](N)CO)C(=O)NCC(=O)N[C@@H](CCCCN)C(=O)O. The van der Waals surface area contributed by atoms with Crippen molar-refractivity contribution >= 4 is 53.2 Å². The van der Waals surface area contributed by atoms with Crippen LogP contribution in [-0.2, 0) is 49.6 Å². The van der Waals surface area contributed by atoms with Gasteiger partial charge < -0.3 is 69.7 Å². The second-order valence-corrected chi connectivity index (χ2v) is 15.2. The number of aromatic hydroxyl groups is 1. The van der Waals surface area contributed by atoms with Crippen molar-refractivity contribution in [2.45, 2.75) is 122 Å². The maximum Gasteiger partial charge on any atom is 0.326 e. The topological polar surface area (TPSA) is 377 Å². The number of rotatable bonds is 28. The molecular weight excluding hydrogens is 800 g/mol. The predicted molar refractivity (Wildman–Crippen MR) is 220 cm³/mol.